The molecular weight excluding hydrogens is 362 g/mol. The van der Waals surface area contributed by atoms with Gasteiger partial charge in [-0.15, -0.1) is 0 Å². The Labute approximate surface area is 171 Å². The van der Waals surface area contributed by atoms with Crippen molar-refractivity contribution in [1.29, 1.82) is 0 Å². The molecule has 0 spiro atoms. The maximum absolute atomic E-state index is 13.1. The number of anilines is 1. The van der Waals surface area contributed by atoms with Crippen molar-refractivity contribution >= 4 is 17.5 Å². The molecule has 1 unspecified atom stereocenters. The monoisotopic (exact) mass is 387 g/mol. The molecule has 2 amide bonds. The number of carbonyl (C=O) groups excluding carboxylic acids is 2. The first-order valence-electron chi connectivity index (χ1n) is 9.69. The number of nitrogens with one attached hydrogen (secondary N) is 1. The van der Waals surface area contributed by atoms with Crippen molar-refractivity contribution < 1.29 is 9.59 Å². The van der Waals surface area contributed by atoms with Crippen molar-refractivity contribution in [2.24, 2.45) is 0 Å². The average molecular weight is 387 g/mol. The number of rotatable bonds is 6. The maximum atomic E-state index is 13.1. The Bertz CT molecular complexity index is 1000. The van der Waals surface area contributed by atoms with Crippen LogP contribution in [-0.4, -0.2) is 23.3 Å². The predicted molar refractivity (Wildman–Crippen MR) is 115 cm³/mol. The van der Waals surface area contributed by atoms with Gasteiger partial charge in [0.2, 0.25) is 0 Å². The molecule has 148 valence electrons. The fraction of sp³-hybridized carbons (Fsp3) is 0.208. The van der Waals surface area contributed by atoms with E-state index in [0.717, 1.165) is 16.8 Å². The van der Waals surface area contributed by atoms with Crippen molar-refractivity contribution in [2.45, 2.75) is 26.8 Å². The van der Waals surface area contributed by atoms with Crippen LogP contribution in [0.4, 0.5) is 5.69 Å². The Balaban J connectivity index is 1.79. The largest absolute Gasteiger partial charge is 0.345 e. The van der Waals surface area contributed by atoms with E-state index in [1.807, 2.05) is 75.4 Å². The van der Waals surface area contributed by atoms with Crippen LogP contribution in [0.2, 0.25) is 0 Å². The first-order valence-corrected chi connectivity index (χ1v) is 9.69. The quantitative estimate of drug-likeness (QED) is 0.675. The van der Waals surface area contributed by atoms with Gasteiger partial charge in [-0.25, -0.2) is 0 Å². The zero-order chi connectivity index (χ0) is 20.8. The molecule has 29 heavy (non-hydrogen) atoms. The fourth-order valence-corrected chi connectivity index (χ4v) is 3.18. The van der Waals surface area contributed by atoms with E-state index in [9.17, 15) is 9.59 Å². The third kappa shape index (κ3) is 4.88. The van der Waals surface area contributed by atoms with E-state index in [0.29, 0.717) is 17.7 Å². The minimum atomic E-state index is -0.262. The number of carbonyl (C=O) groups is 2. The molecular formula is C24H25N3O2. The van der Waals surface area contributed by atoms with E-state index in [4.69, 9.17) is 0 Å². The summed E-state index contributed by atoms with van der Waals surface area (Å²) in [5.41, 5.74) is 3.66. The maximum Gasteiger partial charge on any atom is 0.259 e. The van der Waals surface area contributed by atoms with Crippen LogP contribution < -0.4 is 10.2 Å². The van der Waals surface area contributed by atoms with E-state index >= 15 is 0 Å². The third-order valence-corrected chi connectivity index (χ3v) is 4.77. The van der Waals surface area contributed by atoms with Gasteiger partial charge in [-0.1, -0.05) is 42.5 Å². The Morgan fingerprint density at radius 2 is 1.72 bits per heavy atom. The first kappa shape index (κ1) is 20.3. The molecule has 1 aromatic heterocycles. The van der Waals surface area contributed by atoms with Crippen LogP contribution in [-0.2, 0) is 0 Å². The Hall–Kier alpha value is -3.47. The van der Waals surface area contributed by atoms with Crippen LogP contribution in [0.5, 0.6) is 0 Å². The average Bonchev–Trinajstić information content (AvgIpc) is 2.75. The lowest BCUT2D eigenvalue weighted by Gasteiger charge is -2.21. The number of amides is 2. The minimum Gasteiger partial charge on any atom is -0.345 e. The van der Waals surface area contributed by atoms with Crippen LogP contribution in [0.25, 0.3) is 0 Å². The van der Waals surface area contributed by atoms with E-state index in [1.165, 1.54) is 12.4 Å². The van der Waals surface area contributed by atoms with Gasteiger partial charge >= 0.3 is 0 Å². The van der Waals surface area contributed by atoms with Gasteiger partial charge in [-0.05, 0) is 50.1 Å². The molecule has 0 aliphatic carbocycles. The number of nitrogens with zero attached hydrogens (tertiary/aromatic N) is 2. The molecule has 0 radical (unpaired) electrons. The highest BCUT2D eigenvalue weighted by Gasteiger charge is 2.19. The second-order valence-corrected chi connectivity index (χ2v) is 6.96. The molecule has 0 bridgehead atoms. The lowest BCUT2D eigenvalue weighted by atomic mass is 10.1. The molecule has 1 atom stereocenters. The topological polar surface area (TPSA) is 62.3 Å². The van der Waals surface area contributed by atoms with Gasteiger partial charge in [0.15, 0.2) is 0 Å². The van der Waals surface area contributed by atoms with Crippen molar-refractivity contribution in [3.63, 3.8) is 0 Å². The summed E-state index contributed by atoms with van der Waals surface area (Å²) >= 11 is 0. The first-order chi connectivity index (χ1) is 14.0. The molecule has 3 aromatic rings. The summed E-state index contributed by atoms with van der Waals surface area (Å²) in [6, 6.07) is 19.0. The second kappa shape index (κ2) is 9.15. The fourth-order valence-electron chi connectivity index (χ4n) is 3.18. The number of pyridine rings is 1. The highest BCUT2D eigenvalue weighted by molar-refractivity contribution is 6.07. The van der Waals surface area contributed by atoms with Crippen molar-refractivity contribution in [2.75, 3.05) is 11.4 Å². The summed E-state index contributed by atoms with van der Waals surface area (Å²) in [7, 11) is 0. The van der Waals surface area contributed by atoms with Gasteiger partial charge < -0.3 is 10.2 Å². The lowest BCUT2D eigenvalue weighted by molar-refractivity contribution is 0.0939. The summed E-state index contributed by atoms with van der Waals surface area (Å²) in [5.74, 6) is -0.446. The van der Waals surface area contributed by atoms with Crippen LogP contribution in [0.15, 0.2) is 73.1 Å². The molecule has 0 saturated carbocycles. The third-order valence-electron chi connectivity index (χ3n) is 4.77. The number of aromatic nitrogens is 1. The summed E-state index contributed by atoms with van der Waals surface area (Å²) in [5, 5.41) is 2.96. The summed E-state index contributed by atoms with van der Waals surface area (Å²) in [6.45, 7) is 6.35. The lowest BCUT2D eigenvalue weighted by Crippen LogP contribution is -2.31. The predicted octanol–water partition coefficient (Wildman–Crippen LogP) is 4.55. The zero-order valence-corrected chi connectivity index (χ0v) is 16.9. The molecule has 0 fully saturated rings. The highest BCUT2D eigenvalue weighted by Crippen LogP contribution is 2.19. The normalized spacial score (nSPS) is 11.6. The molecule has 0 aliphatic rings. The van der Waals surface area contributed by atoms with E-state index in [-0.39, 0.29) is 17.9 Å². The standard InChI is InChI=1S/C24H25N3O2/c1-4-27(22-12-8-9-17(2)13-22)24(29)21-14-20(15-25-16-21)23(28)26-18(3)19-10-6-5-7-11-19/h5-16,18H,4H2,1-3H3,(H,26,28). The molecule has 3 rings (SSSR count). The smallest absolute Gasteiger partial charge is 0.259 e. The summed E-state index contributed by atoms with van der Waals surface area (Å²) in [4.78, 5) is 31.5. The molecule has 1 N–H and O–H groups in total. The molecule has 1 heterocycles. The van der Waals surface area contributed by atoms with Gasteiger partial charge in [-0.3, -0.25) is 14.6 Å². The Kier molecular flexibility index (Phi) is 6.39. The molecule has 5 heteroatoms. The van der Waals surface area contributed by atoms with Gasteiger partial charge in [-0.2, -0.15) is 0 Å². The Morgan fingerprint density at radius 3 is 2.41 bits per heavy atom. The van der Waals surface area contributed by atoms with Gasteiger partial charge in [0.1, 0.15) is 0 Å². The van der Waals surface area contributed by atoms with Crippen molar-refractivity contribution in [3.8, 4) is 0 Å². The second-order valence-electron chi connectivity index (χ2n) is 6.96. The van der Waals surface area contributed by atoms with Gasteiger partial charge in [0.05, 0.1) is 17.2 Å². The molecule has 0 saturated heterocycles. The van der Waals surface area contributed by atoms with Crippen LogP contribution in [0, 0.1) is 6.92 Å². The van der Waals surface area contributed by atoms with Gasteiger partial charge in [0.25, 0.3) is 11.8 Å². The van der Waals surface area contributed by atoms with E-state index in [1.54, 1.807) is 11.0 Å². The van der Waals surface area contributed by atoms with E-state index in [2.05, 4.69) is 10.3 Å². The van der Waals surface area contributed by atoms with Crippen LogP contribution >= 0.6 is 0 Å². The summed E-state index contributed by atoms with van der Waals surface area (Å²) in [6.07, 6.45) is 2.98. The molecule has 2 aromatic carbocycles. The van der Waals surface area contributed by atoms with Crippen LogP contribution in [0.3, 0.4) is 0 Å². The van der Waals surface area contributed by atoms with Gasteiger partial charge in [0, 0.05) is 24.6 Å². The van der Waals surface area contributed by atoms with Crippen molar-refractivity contribution in [1.82, 2.24) is 10.3 Å². The summed E-state index contributed by atoms with van der Waals surface area (Å²) < 4.78 is 0. The van der Waals surface area contributed by atoms with E-state index < -0.39 is 0 Å². The van der Waals surface area contributed by atoms with Crippen LogP contribution in [0.1, 0.15) is 51.7 Å². The highest BCUT2D eigenvalue weighted by atomic mass is 16.2. The number of aryl methyl sites for hydroxylation is 1. The molecule has 5 nitrogen and oxygen atoms in total. The number of hydrogen-bond acceptors (Lipinski definition) is 3. The Morgan fingerprint density at radius 1 is 1.00 bits per heavy atom. The SMILES string of the molecule is CCN(C(=O)c1cncc(C(=O)NC(C)c2ccccc2)c1)c1cccc(C)c1. The van der Waals surface area contributed by atoms with Crippen molar-refractivity contribution in [3.05, 3.63) is 95.3 Å². The number of benzene rings is 2. The number of hydrogen-bond donors (Lipinski definition) is 1. The zero-order valence-electron chi connectivity index (χ0n) is 16.9. The molecule has 0 aliphatic heterocycles. The minimum absolute atomic E-state index is 0.150.